The number of carbonyl (C=O) groups is 2. The Hall–Kier alpha value is -3.60. The van der Waals surface area contributed by atoms with Crippen LogP contribution in [-0.4, -0.2) is 63.9 Å². The molecule has 0 radical (unpaired) electrons. The molecular formula is C34H40N2O7. The van der Waals surface area contributed by atoms with Crippen molar-refractivity contribution in [1.29, 1.82) is 0 Å². The number of amides is 1. The molecule has 9 heteroatoms. The van der Waals surface area contributed by atoms with Gasteiger partial charge < -0.3 is 30.1 Å². The van der Waals surface area contributed by atoms with Crippen molar-refractivity contribution in [2.75, 3.05) is 19.7 Å². The van der Waals surface area contributed by atoms with Crippen LogP contribution in [0.1, 0.15) is 66.8 Å². The second-order valence-corrected chi connectivity index (χ2v) is 11.3. The molecule has 4 N–H and O–H groups in total. The molecule has 3 aromatic carbocycles. The normalized spacial score (nSPS) is 22.4. The van der Waals surface area contributed by atoms with Gasteiger partial charge in [-0.3, -0.25) is 14.5 Å². The molecule has 228 valence electrons. The Bertz CT molecular complexity index is 1380. The van der Waals surface area contributed by atoms with E-state index in [0.29, 0.717) is 13.0 Å². The van der Waals surface area contributed by atoms with Crippen molar-refractivity contribution in [1.82, 2.24) is 10.2 Å². The molecule has 2 aliphatic rings. The van der Waals surface area contributed by atoms with Crippen LogP contribution in [0.25, 0.3) is 11.1 Å². The molecule has 3 aromatic rings. The summed E-state index contributed by atoms with van der Waals surface area (Å²) in [5.41, 5.74) is 5.64. The number of carboxylic acid groups (broad SMARTS) is 1. The maximum Gasteiger partial charge on any atom is 0.303 e. The molecule has 4 atom stereocenters. The highest BCUT2D eigenvalue weighted by atomic mass is 16.7. The first-order valence-electron chi connectivity index (χ1n) is 14.9. The van der Waals surface area contributed by atoms with Crippen molar-refractivity contribution < 1.29 is 34.4 Å². The lowest BCUT2D eigenvalue weighted by Gasteiger charge is -2.38. The number of carboxylic acids is 1. The molecular weight excluding hydrogens is 548 g/mol. The summed E-state index contributed by atoms with van der Waals surface area (Å²) < 4.78 is 13.1. The standard InChI is InChI=1S/C34H40N2O7/c37-21-23-9-11-25(12-10-23)31-18-30(20-36-15-3-8-29(36)22-38)42-34(43-31)28-7-2-6-27(17-28)26-5-1-4-24(16-26)19-35-32(39)13-14-33(40)41/h1-2,4-7,9-12,16-17,29-31,34,37-38H,3,8,13-15,18-22H2,(H,35,39)(H,40,41)/t29-,30+,31-,34-/m0/s1. The maximum absolute atomic E-state index is 12.0. The zero-order valence-corrected chi connectivity index (χ0v) is 24.2. The molecule has 0 unspecified atom stereocenters. The van der Waals surface area contributed by atoms with Crippen LogP contribution < -0.4 is 5.32 Å². The van der Waals surface area contributed by atoms with E-state index in [1.165, 1.54) is 0 Å². The number of benzene rings is 3. The first kappa shape index (κ1) is 30.8. The fraction of sp³-hybridized carbons (Fsp3) is 0.412. The van der Waals surface area contributed by atoms with Crippen LogP contribution in [0.15, 0.2) is 72.8 Å². The number of likely N-dealkylation sites (tertiary alicyclic amines) is 1. The van der Waals surface area contributed by atoms with Crippen LogP contribution in [0.2, 0.25) is 0 Å². The molecule has 1 amide bonds. The zero-order valence-electron chi connectivity index (χ0n) is 24.2. The summed E-state index contributed by atoms with van der Waals surface area (Å²) in [6.07, 6.45) is 1.62. The van der Waals surface area contributed by atoms with Crippen LogP contribution in [-0.2, 0) is 32.2 Å². The lowest BCUT2D eigenvalue weighted by molar-refractivity contribution is -0.253. The van der Waals surface area contributed by atoms with Gasteiger partial charge in [0.25, 0.3) is 0 Å². The number of aliphatic carboxylic acids is 1. The highest BCUT2D eigenvalue weighted by Gasteiger charge is 2.35. The van der Waals surface area contributed by atoms with Crippen molar-refractivity contribution in [3.8, 4) is 11.1 Å². The molecule has 2 fully saturated rings. The number of hydrogen-bond donors (Lipinski definition) is 4. The van der Waals surface area contributed by atoms with Gasteiger partial charge in [0, 0.05) is 37.5 Å². The smallest absolute Gasteiger partial charge is 0.303 e. The predicted molar refractivity (Wildman–Crippen MR) is 161 cm³/mol. The van der Waals surface area contributed by atoms with Crippen molar-refractivity contribution in [3.63, 3.8) is 0 Å². The average Bonchev–Trinajstić information content (AvgIpc) is 3.49. The summed E-state index contributed by atoms with van der Waals surface area (Å²) in [6.45, 7) is 2.10. The molecule has 9 nitrogen and oxygen atoms in total. The first-order valence-corrected chi connectivity index (χ1v) is 14.9. The number of nitrogens with zero attached hydrogens (tertiary/aromatic N) is 1. The van der Waals surface area contributed by atoms with Crippen molar-refractivity contribution in [2.24, 2.45) is 0 Å². The van der Waals surface area contributed by atoms with Crippen molar-refractivity contribution in [3.05, 3.63) is 95.1 Å². The van der Waals surface area contributed by atoms with Gasteiger partial charge in [-0.2, -0.15) is 0 Å². The number of aliphatic hydroxyl groups is 2. The predicted octanol–water partition coefficient (Wildman–Crippen LogP) is 4.33. The average molecular weight is 589 g/mol. The molecule has 0 spiro atoms. The van der Waals surface area contributed by atoms with Gasteiger partial charge in [-0.05, 0) is 59.3 Å². The summed E-state index contributed by atoms with van der Waals surface area (Å²) in [6, 6.07) is 24.0. The van der Waals surface area contributed by atoms with E-state index < -0.39 is 12.3 Å². The second-order valence-electron chi connectivity index (χ2n) is 11.3. The van der Waals surface area contributed by atoms with E-state index in [-0.39, 0.29) is 50.2 Å². The summed E-state index contributed by atoms with van der Waals surface area (Å²) in [4.78, 5) is 25.1. The highest BCUT2D eigenvalue weighted by Crippen LogP contribution is 2.39. The third kappa shape index (κ3) is 8.28. The second kappa shape index (κ2) is 14.7. The third-order valence-electron chi connectivity index (χ3n) is 8.24. The number of rotatable bonds is 12. The van der Waals surface area contributed by atoms with Gasteiger partial charge in [0.15, 0.2) is 6.29 Å². The Morgan fingerprint density at radius 3 is 2.40 bits per heavy atom. The fourth-order valence-electron chi connectivity index (χ4n) is 5.87. The minimum atomic E-state index is -0.995. The van der Waals surface area contributed by atoms with Crippen molar-refractivity contribution in [2.45, 2.75) is 69.8 Å². The van der Waals surface area contributed by atoms with Gasteiger partial charge in [-0.25, -0.2) is 0 Å². The minimum absolute atomic E-state index is 0.0112. The fourth-order valence-corrected chi connectivity index (χ4v) is 5.87. The van der Waals surface area contributed by atoms with Gasteiger partial charge in [-0.1, -0.05) is 60.7 Å². The number of nitrogens with one attached hydrogen (secondary N) is 1. The number of aliphatic hydroxyl groups excluding tert-OH is 2. The van der Waals surface area contributed by atoms with E-state index >= 15 is 0 Å². The number of carbonyl (C=O) groups excluding carboxylic acids is 1. The van der Waals surface area contributed by atoms with E-state index in [9.17, 15) is 19.8 Å². The SMILES string of the molecule is O=C(O)CCC(=O)NCc1cccc(-c2cccc([C@H]3O[C@@H](CN4CCC[C@H]4CO)C[C@@H](c4ccc(CO)cc4)O3)c2)c1. The Morgan fingerprint density at radius 1 is 0.884 bits per heavy atom. The van der Waals surface area contributed by atoms with Gasteiger partial charge in [-0.15, -0.1) is 0 Å². The number of hydrogen-bond acceptors (Lipinski definition) is 7. The minimum Gasteiger partial charge on any atom is -0.481 e. The summed E-state index contributed by atoms with van der Waals surface area (Å²) in [7, 11) is 0. The van der Waals surface area contributed by atoms with Gasteiger partial charge >= 0.3 is 5.97 Å². The third-order valence-corrected chi connectivity index (χ3v) is 8.24. The van der Waals surface area contributed by atoms with E-state index in [1.807, 2.05) is 66.7 Å². The molecule has 43 heavy (non-hydrogen) atoms. The first-order chi connectivity index (χ1) is 20.9. The lowest BCUT2D eigenvalue weighted by Crippen LogP contribution is -2.42. The van der Waals surface area contributed by atoms with Gasteiger partial charge in [0.05, 0.1) is 31.8 Å². The Kier molecular flexibility index (Phi) is 10.6. The van der Waals surface area contributed by atoms with E-state index in [0.717, 1.165) is 59.3 Å². The molecule has 5 rings (SSSR count). The highest BCUT2D eigenvalue weighted by molar-refractivity contribution is 5.80. The summed E-state index contributed by atoms with van der Waals surface area (Å²) in [5.74, 6) is -1.29. The Morgan fingerprint density at radius 2 is 1.65 bits per heavy atom. The van der Waals surface area contributed by atoms with Crippen LogP contribution in [0.3, 0.4) is 0 Å². The van der Waals surface area contributed by atoms with E-state index in [2.05, 4.69) is 16.3 Å². The summed E-state index contributed by atoms with van der Waals surface area (Å²) >= 11 is 0. The summed E-state index contributed by atoms with van der Waals surface area (Å²) in [5, 5.41) is 31.0. The molecule has 0 saturated carbocycles. The topological polar surface area (TPSA) is 129 Å². The molecule has 0 aliphatic carbocycles. The van der Waals surface area contributed by atoms with Crippen LogP contribution in [0.5, 0.6) is 0 Å². The largest absolute Gasteiger partial charge is 0.481 e. The van der Waals surface area contributed by atoms with E-state index in [1.54, 1.807) is 0 Å². The molecule has 2 heterocycles. The maximum atomic E-state index is 12.0. The van der Waals surface area contributed by atoms with Crippen LogP contribution in [0.4, 0.5) is 0 Å². The Balaban J connectivity index is 1.33. The number of ether oxygens (including phenoxy) is 2. The van der Waals surface area contributed by atoms with Crippen molar-refractivity contribution >= 4 is 11.9 Å². The van der Waals surface area contributed by atoms with Crippen LogP contribution >= 0.6 is 0 Å². The van der Waals surface area contributed by atoms with Gasteiger partial charge in [0.2, 0.25) is 5.91 Å². The molecule has 0 bridgehead atoms. The Labute approximate surface area is 252 Å². The van der Waals surface area contributed by atoms with Crippen LogP contribution in [0, 0.1) is 0 Å². The lowest BCUT2D eigenvalue weighted by atomic mass is 9.98. The van der Waals surface area contributed by atoms with E-state index in [4.69, 9.17) is 14.6 Å². The molecule has 0 aromatic heterocycles. The molecule has 2 aliphatic heterocycles. The monoisotopic (exact) mass is 588 g/mol. The molecule has 2 saturated heterocycles. The van der Waals surface area contributed by atoms with Gasteiger partial charge in [0.1, 0.15) is 0 Å². The zero-order chi connectivity index (χ0) is 30.2. The quantitative estimate of drug-likeness (QED) is 0.246.